The maximum Gasteiger partial charge on any atom is 0.259 e. The van der Waals surface area contributed by atoms with E-state index in [0.29, 0.717) is 12.1 Å². The number of rotatable bonds is 5. The molecule has 3 N–H and O–H groups in total. The van der Waals surface area contributed by atoms with Crippen molar-refractivity contribution in [1.82, 2.24) is 15.0 Å². The fourth-order valence-corrected chi connectivity index (χ4v) is 2.96. The molecule has 6 nitrogen and oxygen atoms in total. The van der Waals surface area contributed by atoms with E-state index in [1.54, 1.807) is 25.7 Å². The molecule has 0 fully saturated rings. The fourth-order valence-electron chi connectivity index (χ4n) is 2.96. The summed E-state index contributed by atoms with van der Waals surface area (Å²) in [6.45, 7) is 0.604. The number of fused-ring (bicyclic) bond motifs is 1. The van der Waals surface area contributed by atoms with Crippen LogP contribution in [0.1, 0.15) is 5.56 Å². The molecular formula is C20H18N4O2. The van der Waals surface area contributed by atoms with Gasteiger partial charge in [0.1, 0.15) is 5.75 Å². The molecule has 3 heterocycles. The Labute approximate surface area is 149 Å². The third-order valence-electron chi connectivity index (χ3n) is 4.29. The number of aromatic amines is 2. The second-order valence-corrected chi connectivity index (χ2v) is 5.94. The zero-order chi connectivity index (χ0) is 17.9. The maximum atomic E-state index is 12.5. The van der Waals surface area contributed by atoms with E-state index in [4.69, 9.17) is 4.74 Å². The lowest BCUT2D eigenvalue weighted by Gasteiger charge is -2.10. The monoisotopic (exact) mass is 346 g/mol. The zero-order valence-corrected chi connectivity index (χ0v) is 14.2. The van der Waals surface area contributed by atoms with Gasteiger partial charge in [0.15, 0.2) is 0 Å². The molecule has 0 saturated carbocycles. The van der Waals surface area contributed by atoms with Crippen LogP contribution in [0.2, 0.25) is 0 Å². The van der Waals surface area contributed by atoms with E-state index in [-0.39, 0.29) is 5.56 Å². The van der Waals surface area contributed by atoms with Gasteiger partial charge in [-0.3, -0.25) is 9.78 Å². The standard InChI is InChI=1S/C20H18N4O2/c1-26-15-2-3-16-14(10-15)11-18(24-16)19-17(6-9-22-20(19)25)23-12-13-4-7-21-8-5-13/h2-11,24H,12H2,1H3,(H2,22,23,25). The van der Waals surface area contributed by atoms with Gasteiger partial charge in [0.25, 0.3) is 5.56 Å². The van der Waals surface area contributed by atoms with Crippen molar-refractivity contribution in [3.05, 3.63) is 77.0 Å². The first-order valence-electron chi connectivity index (χ1n) is 8.26. The van der Waals surface area contributed by atoms with Crippen LogP contribution >= 0.6 is 0 Å². The normalized spacial score (nSPS) is 10.8. The third kappa shape index (κ3) is 3.04. The van der Waals surface area contributed by atoms with Crippen molar-refractivity contribution in [2.75, 3.05) is 12.4 Å². The smallest absolute Gasteiger partial charge is 0.259 e. The summed E-state index contributed by atoms with van der Waals surface area (Å²) in [5.74, 6) is 0.779. The van der Waals surface area contributed by atoms with E-state index in [9.17, 15) is 4.79 Å². The quantitative estimate of drug-likeness (QED) is 0.516. The molecule has 0 aliphatic rings. The number of methoxy groups -OCH3 is 1. The van der Waals surface area contributed by atoms with E-state index >= 15 is 0 Å². The first kappa shape index (κ1) is 16.0. The van der Waals surface area contributed by atoms with E-state index in [1.165, 1.54) is 0 Å². The summed E-state index contributed by atoms with van der Waals surface area (Å²) in [4.78, 5) is 22.6. The van der Waals surface area contributed by atoms with Crippen molar-refractivity contribution in [3.8, 4) is 17.0 Å². The Balaban J connectivity index is 1.73. The molecule has 130 valence electrons. The molecule has 4 rings (SSSR count). The number of ether oxygens (including phenoxy) is 1. The van der Waals surface area contributed by atoms with Gasteiger partial charge in [0.2, 0.25) is 0 Å². The first-order valence-corrected chi connectivity index (χ1v) is 8.26. The number of hydrogen-bond donors (Lipinski definition) is 3. The molecular weight excluding hydrogens is 328 g/mol. The van der Waals surface area contributed by atoms with Crippen molar-refractivity contribution in [2.45, 2.75) is 6.54 Å². The number of anilines is 1. The Morgan fingerprint density at radius 3 is 2.77 bits per heavy atom. The van der Waals surface area contributed by atoms with Crippen molar-refractivity contribution >= 4 is 16.6 Å². The summed E-state index contributed by atoms with van der Waals surface area (Å²) in [5, 5.41) is 4.33. The van der Waals surface area contributed by atoms with Gasteiger partial charge < -0.3 is 20.0 Å². The Morgan fingerprint density at radius 2 is 1.96 bits per heavy atom. The molecule has 0 bridgehead atoms. The predicted molar refractivity (Wildman–Crippen MR) is 102 cm³/mol. The number of nitrogens with zero attached hydrogens (tertiary/aromatic N) is 1. The highest BCUT2D eigenvalue weighted by atomic mass is 16.5. The number of hydrogen-bond acceptors (Lipinski definition) is 4. The highest BCUT2D eigenvalue weighted by Gasteiger charge is 2.13. The SMILES string of the molecule is COc1ccc2[nH]c(-c3c(NCc4ccncc4)cc[nH]c3=O)cc2c1. The molecule has 4 aromatic rings. The van der Waals surface area contributed by atoms with Gasteiger partial charge in [0.05, 0.1) is 24.1 Å². The fraction of sp³-hybridized carbons (Fsp3) is 0.100. The van der Waals surface area contributed by atoms with Crippen LogP contribution in [0.15, 0.2) is 65.8 Å². The maximum absolute atomic E-state index is 12.5. The van der Waals surface area contributed by atoms with Gasteiger partial charge in [-0.15, -0.1) is 0 Å². The first-order chi connectivity index (χ1) is 12.7. The Kier molecular flexibility index (Phi) is 4.15. The average Bonchev–Trinajstić information content (AvgIpc) is 3.09. The van der Waals surface area contributed by atoms with Gasteiger partial charge in [-0.25, -0.2) is 0 Å². The van der Waals surface area contributed by atoms with Gasteiger partial charge in [0, 0.05) is 36.0 Å². The molecule has 0 spiro atoms. The Bertz CT molecular complexity index is 1100. The van der Waals surface area contributed by atoms with Crippen LogP contribution in [0.4, 0.5) is 5.69 Å². The highest BCUT2D eigenvalue weighted by molar-refractivity contribution is 5.89. The molecule has 0 aliphatic carbocycles. The van der Waals surface area contributed by atoms with Gasteiger partial charge >= 0.3 is 0 Å². The summed E-state index contributed by atoms with van der Waals surface area (Å²) in [7, 11) is 1.64. The largest absolute Gasteiger partial charge is 0.497 e. The zero-order valence-electron chi connectivity index (χ0n) is 14.2. The van der Waals surface area contributed by atoms with E-state index in [0.717, 1.165) is 33.6 Å². The molecule has 0 atom stereocenters. The van der Waals surface area contributed by atoms with Gasteiger partial charge in [-0.1, -0.05) is 0 Å². The number of nitrogens with one attached hydrogen (secondary N) is 3. The van der Waals surface area contributed by atoms with Crippen molar-refractivity contribution in [2.24, 2.45) is 0 Å². The summed E-state index contributed by atoms with van der Waals surface area (Å²) < 4.78 is 5.27. The van der Waals surface area contributed by atoms with Crippen LogP contribution in [0.25, 0.3) is 22.2 Å². The summed E-state index contributed by atoms with van der Waals surface area (Å²) in [6, 6.07) is 13.5. The lowest BCUT2D eigenvalue weighted by molar-refractivity contribution is 0.415. The van der Waals surface area contributed by atoms with Crippen LogP contribution in [0, 0.1) is 0 Å². The minimum Gasteiger partial charge on any atom is -0.497 e. The molecule has 26 heavy (non-hydrogen) atoms. The molecule has 0 amide bonds. The average molecular weight is 346 g/mol. The molecule has 0 unspecified atom stereocenters. The van der Waals surface area contributed by atoms with Crippen LogP contribution < -0.4 is 15.6 Å². The number of H-pyrrole nitrogens is 2. The second kappa shape index (κ2) is 6.76. The number of benzene rings is 1. The predicted octanol–water partition coefficient (Wildman–Crippen LogP) is 3.54. The van der Waals surface area contributed by atoms with E-state index < -0.39 is 0 Å². The lowest BCUT2D eigenvalue weighted by atomic mass is 10.1. The molecule has 1 aromatic carbocycles. The van der Waals surface area contributed by atoms with E-state index in [1.807, 2.05) is 42.5 Å². The van der Waals surface area contributed by atoms with Crippen LogP contribution in [0.3, 0.4) is 0 Å². The third-order valence-corrected chi connectivity index (χ3v) is 4.29. The number of pyridine rings is 2. The van der Waals surface area contributed by atoms with Crippen LogP contribution in [-0.4, -0.2) is 22.1 Å². The molecule has 3 aromatic heterocycles. The highest BCUT2D eigenvalue weighted by Crippen LogP contribution is 2.29. The van der Waals surface area contributed by atoms with E-state index in [2.05, 4.69) is 20.3 Å². The van der Waals surface area contributed by atoms with Crippen LogP contribution in [-0.2, 0) is 6.54 Å². The Morgan fingerprint density at radius 1 is 1.12 bits per heavy atom. The topological polar surface area (TPSA) is 82.8 Å². The summed E-state index contributed by atoms with van der Waals surface area (Å²) >= 11 is 0. The summed E-state index contributed by atoms with van der Waals surface area (Å²) in [5.41, 5.74) is 3.99. The molecule has 6 heteroatoms. The van der Waals surface area contributed by atoms with Crippen molar-refractivity contribution < 1.29 is 4.74 Å². The minimum atomic E-state index is -0.150. The molecule has 0 aliphatic heterocycles. The minimum absolute atomic E-state index is 0.150. The molecule has 0 saturated heterocycles. The van der Waals surface area contributed by atoms with Gasteiger partial charge in [-0.2, -0.15) is 0 Å². The van der Waals surface area contributed by atoms with Gasteiger partial charge in [-0.05, 0) is 48.0 Å². The molecule has 0 radical (unpaired) electrons. The van der Waals surface area contributed by atoms with Crippen molar-refractivity contribution in [1.29, 1.82) is 0 Å². The summed E-state index contributed by atoms with van der Waals surface area (Å²) in [6.07, 6.45) is 5.15. The van der Waals surface area contributed by atoms with Crippen LogP contribution in [0.5, 0.6) is 5.75 Å². The Hall–Kier alpha value is -3.54. The lowest BCUT2D eigenvalue weighted by Crippen LogP contribution is -2.12. The number of aromatic nitrogens is 3. The second-order valence-electron chi connectivity index (χ2n) is 5.94. The van der Waals surface area contributed by atoms with Crippen molar-refractivity contribution in [3.63, 3.8) is 0 Å².